The first-order valence-electron chi connectivity index (χ1n) is 5.45. The molecule has 1 unspecified atom stereocenters. The second kappa shape index (κ2) is 4.89. The van der Waals surface area contributed by atoms with Gasteiger partial charge in [-0.05, 0) is 18.6 Å². The maximum Gasteiger partial charge on any atom is 0.135 e. The fraction of sp³-hybridized carbons (Fsp3) is 0.154. The Morgan fingerprint density at radius 3 is 2.26 bits per heavy atom. The molecule has 0 aliphatic rings. The molecule has 6 heteroatoms. The van der Waals surface area contributed by atoms with Gasteiger partial charge in [0.1, 0.15) is 29.4 Å². The van der Waals surface area contributed by atoms with E-state index in [4.69, 9.17) is 5.73 Å². The fourth-order valence-corrected chi connectivity index (χ4v) is 1.91. The lowest BCUT2D eigenvalue weighted by atomic mass is 9.97. The second-order valence-electron chi connectivity index (χ2n) is 4.11. The highest BCUT2D eigenvalue weighted by atomic mass is 19.1. The number of aliphatic hydroxyl groups excluding tert-OH is 1. The molecular weight excluding hydrogens is 257 g/mol. The van der Waals surface area contributed by atoms with Crippen LogP contribution in [0.15, 0.2) is 24.4 Å². The summed E-state index contributed by atoms with van der Waals surface area (Å²) in [5, 5.41) is 10.1. The van der Waals surface area contributed by atoms with Crippen LogP contribution in [0.4, 0.5) is 19.0 Å². The summed E-state index contributed by atoms with van der Waals surface area (Å²) < 4.78 is 40.1. The number of halogens is 3. The molecule has 1 aromatic heterocycles. The second-order valence-corrected chi connectivity index (χ2v) is 4.11. The van der Waals surface area contributed by atoms with E-state index in [1.54, 1.807) is 13.0 Å². The topological polar surface area (TPSA) is 59.1 Å². The number of anilines is 1. The van der Waals surface area contributed by atoms with Gasteiger partial charge in [0, 0.05) is 23.9 Å². The molecule has 0 bridgehead atoms. The Morgan fingerprint density at radius 2 is 1.74 bits per heavy atom. The smallest absolute Gasteiger partial charge is 0.135 e. The standard InChI is InChI=1S/C13H11F3N2O/c1-6-2-3-18-13(17)10(6)12(19)11-8(15)4-7(14)5-9(11)16/h2-5,12,19H,1H3,(H2,17,18). The van der Waals surface area contributed by atoms with Crippen LogP contribution >= 0.6 is 0 Å². The minimum absolute atomic E-state index is 0.0318. The first-order valence-corrected chi connectivity index (χ1v) is 5.45. The number of aryl methyl sites for hydroxylation is 1. The van der Waals surface area contributed by atoms with Crippen molar-refractivity contribution in [1.29, 1.82) is 0 Å². The van der Waals surface area contributed by atoms with Crippen molar-refractivity contribution in [3.05, 3.63) is 58.5 Å². The van der Waals surface area contributed by atoms with Crippen LogP contribution in [0.2, 0.25) is 0 Å². The average molecular weight is 268 g/mol. The Hall–Kier alpha value is -2.08. The van der Waals surface area contributed by atoms with E-state index in [0.717, 1.165) is 0 Å². The highest BCUT2D eigenvalue weighted by Gasteiger charge is 2.24. The van der Waals surface area contributed by atoms with Crippen LogP contribution in [0.25, 0.3) is 0 Å². The van der Waals surface area contributed by atoms with Gasteiger partial charge < -0.3 is 10.8 Å². The Morgan fingerprint density at radius 1 is 1.16 bits per heavy atom. The molecule has 19 heavy (non-hydrogen) atoms. The van der Waals surface area contributed by atoms with E-state index >= 15 is 0 Å². The average Bonchev–Trinajstić information content (AvgIpc) is 2.26. The molecule has 100 valence electrons. The molecule has 1 aromatic carbocycles. The van der Waals surface area contributed by atoms with Crippen LogP contribution in [-0.2, 0) is 0 Å². The van der Waals surface area contributed by atoms with Crippen molar-refractivity contribution in [2.45, 2.75) is 13.0 Å². The van der Waals surface area contributed by atoms with E-state index in [-0.39, 0.29) is 11.4 Å². The number of nitrogen functional groups attached to an aromatic ring is 1. The van der Waals surface area contributed by atoms with Crippen molar-refractivity contribution >= 4 is 5.82 Å². The van der Waals surface area contributed by atoms with Gasteiger partial charge in [0.05, 0.1) is 5.56 Å². The van der Waals surface area contributed by atoms with Crippen molar-refractivity contribution in [1.82, 2.24) is 4.98 Å². The molecule has 1 atom stereocenters. The van der Waals surface area contributed by atoms with Crippen LogP contribution in [-0.4, -0.2) is 10.1 Å². The molecule has 3 nitrogen and oxygen atoms in total. The lowest BCUT2D eigenvalue weighted by molar-refractivity contribution is 0.208. The Bertz CT molecular complexity index is 588. The lowest BCUT2D eigenvalue weighted by Crippen LogP contribution is -2.11. The monoisotopic (exact) mass is 268 g/mol. The van der Waals surface area contributed by atoms with E-state index in [0.29, 0.717) is 17.7 Å². The summed E-state index contributed by atoms with van der Waals surface area (Å²) in [6.45, 7) is 1.62. The number of rotatable bonds is 2. The molecule has 0 aliphatic carbocycles. The van der Waals surface area contributed by atoms with Gasteiger partial charge in [-0.15, -0.1) is 0 Å². The minimum atomic E-state index is -1.64. The highest BCUT2D eigenvalue weighted by Crippen LogP contribution is 2.31. The predicted octanol–water partition coefficient (Wildman–Crippen LogP) is 2.47. The fourth-order valence-electron chi connectivity index (χ4n) is 1.91. The molecule has 2 rings (SSSR count). The van der Waals surface area contributed by atoms with Gasteiger partial charge in [-0.2, -0.15) is 0 Å². The molecule has 0 saturated carbocycles. The van der Waals surface area contributed by atoms with Crippen molar-refractivity contribution in [3.8, 4) is 0 Å². The molecule has 0 saturated heterocycles. The quantitative estimate of drug-likeness (QED) is 0.879. The summed E-state index contributed by atoms with van der Waals surface area (Å²) >= 11 is 0. The normalized spacial score (nSPS) is 12.5. The number of aromatic nitrogens is 1. The summed E-state index contributed by atoms with van der Waals surface area (Å²) in [5.41, 5.74) is 5.59. The Kier molecular flexibility index (Phi) is 3.44. The molecule has 0 aliphatic heterocycles. The molecule has 1 heterocycles. The zero-order valence-electron chi connectivity index (χ0n) is 9.99. The predicted molar refractivity (Wildman–Crippen MR) is 63.8 cm³/mol. The van der Waals surface area contributed by atoms with E-state index < -0.39 is 29.1 Å². The molecule has 2 aromatic rings. The van der Waals surface area contributed by atoms with Crippen LogP contribution in [0.1, 0.15) is 22.8 Å². The number of hydrogen-bond donors (Lipinski definition) is 2. The van der Waals surface area contributed by atoms with Crippen LogP contribution in [0.3, 0.4) is 0 Å². The van der Waals surface area contributed by atoms with Gasteiger partial charge in [0.15, 0.2) is 0 Å². The zero-order valence-corrected chi connectivity index (χ0v) is 9.99. The number of benzene rings is 1. The van der Waals surface area contributed by atoms with Crippen LogP contribution in [0.5, 0.6) is 0 Å². The van der Waals surface area contributed by atoms with Gasteiger partial charge in [-0.3, -0.25) is 0 Å². The van der Waals surface area contributed by atoms with Crippen LogP contribution in [0, 0.1) is 24.4 Å². The number of hydrogen-bond acceptors (Lipinski definition) is 3. The summed E-state index contributed by atoms with van der Waals surface area (Å²) in [4.78, 5) is 3.76. The third kappa shape index (κ3) is 2.39. The van der Waals surface area contributed by atoms with Gasteiger partial charge in [0.25, 0.3) is 0 Å². The van der Waals surface area contributed by atoms with E-state index in [9.17, 15) is 18.3 Å². The van der Waals surface area contributed by atoms with Gasteiger partial charge in [-0.25, -0.2) is 18.2 Å². The number of nitrogens with zero attached hydrogens (tertiary/aromatic N) is 1. The minimum Gasteiger partial charge on any atom is -0.383 e. The highest BCUT2D eigenvalue weighted by molar-refractivity contribution is 5.49. The van der Waals surface area contributed by atoms with Gasteiger partial charge in [0.2, 0.25) is 0 Å². The third-order valence-electron chi connectivity index (χ3n) is 2.83. The molecule has 3 N–H and O–H groups in total. The maximum atomic E-state index is 13.6. The first-order chi connectivity index (χ1) is 8.91. The molecule has 0 fully saturated rings. The van der Waals surface area contributed by atoms with Crippen molar-refractivity contribution < 1.29 is 18.3 Å². The number of pyridine rings is 1. The Labute approximate surface area is 107 Å². The third-order valence-corrected chi connectivity index (χ3v) is 2.83. The summed E-state index contributed by atoms with van der Waals surface area (Å²) in [5.74, 6) is -3.43. The lowest BCUT2D eigenvalue weighted by Gasteiger charge is -2.17. The van der Waals surface area contributed by atoms with E-state index in [1.807, 2.05) is 0 Å². The van der Waals surface area contributed by atoms with Gasteiger partial charge >= 0.3 is 0 Å². The molecule has 0 spiro atoms. The Balaban J connectivity index is 2.60. The van der Waals surface area contributed by atoms with Gasteiger partial charge in [-0.1, -0.05) is 0 Å². The molecule has 0 amide bonds. The molecular formula is C13H11F3N2O. The maximum absolute atomic E-state index is 13.6. The zero-order chi connectivity index (χ0) is 14.2. The van der Waals surface area contributed by atoms with E-state index in [1.165, 1.54) is 6.20 Å². The summed E-state index contributed by atoms with van der Waals surface area (Å²) in [7, 11) is 0. The van der Waals surface area contributed by atoms with Crippen LogP contribution < -0.4 is 5.73 Å². The molecule has 0 radical (unpaired) electrons. The first kappa shape index (κ1) is 13.4. The summed E-state index contributed by atoms with van der Waals surface area (Å²) in [6, 6.07) is 2.56. The number of aliphatic hydroxyl groups is 1. The largest absolute Gasteiger partial charge is 0.383 e. The van der Waals surface area contributed by atoms with Crippen molar-refractivity contribution in [3.63, 3.8) is 0 Å². The SMILES string of the molecule is Cc1ccnc(N)c1C(O)c1c(F)cc(F)cc1F. The van der Waals surface area contributed by atoms with Crippen molar-refractivity contribution in [2.75, 3.05) is 5.73 Å². The van der Waals surface area contributed by atoms with E-state index in [2.05, 4.69) is 4.98 Å². The summed E-state index contributed by atoms with van der Waals surface area (Å²) in [6.07, 6.45) is -0.229. The van der Waals surface area contributed by atoms with Crippen molar-refractivity contribution in [2.24, 2.45) is 0 Å². The number of nitrogens with two attached hydrogens (primary N) is 1.